The van der Waals surface area contributed by atoms with Crippen LogP contribution >= 0.6 is 11.6 Å². The third-order valence-electron chi connectivity index (χ3n) is 5.40. The number of anilines is 2. The summed E-state index contributed by atoms with van der Waals surface area (Å²) in [5.74, 6) is 1.72. The maximum absolute atomic E-state index is 12.6. The Morgan fingerprint density at radius 1 is 0.842 bits per heavy atom. The molecule has 200 valence electrons. The van der Waals surface area contributed by atoms with Gasteiger partial charge in [0.1, 0.15) is 17.2 Å². The summed E-state index contributed by atoms with van der Waals surface area (Å²) in [6.45, 7) is 5.11. The third-order valence-corrected chi connectivity index (χ3v) is 5.69. The molecule has 4 rings (SSSR count). The molecule has 0 saturated heterocycles. The van der Waals surface area contributed by atoms with E-state index >= 15 is 0 Å². The molecule has 0 atom stereocenters. The Morgan fingerprint density at radius 2 is 1.47 bits per heavy atom. The molecule has 4 aromatic rings. The van der Waals surface area contributed by atoms with Crippen LogP contribution in [0.1, 0.15) is 24.2 Å². The summed E-state index contributed by atoms with van der Waals surface area (Å²) in [4.78, 5) is 12.6. The van der Waals surface area contributed by atoms with Crippen LogP contribution in [0.2, 0.25) is 5.02 Å². The van der Waals surface area contributed by atoms with Crippen LogP contribution in [0.15, 0.2) is 66.7 Å². The zero-order chi connectivity index (χ0) is 27.7. The SMILES string of the molecule is CCOc1ccc(N)cc1OCC.COc1cc(OC)c(NC(=O)c2cc3ccccc3cc2O)cc1Cl. The van der Waals surface area contributed by atoms with E-state index in [0.717, 1.165) is 16.5 Å². The van der Waals surface area contributed by atoms with Gasteiger partial charge in [-0.15, -0.1) is 0 Å². The molecule has 0 aliphatic rings. The average molecular weight is 539 g/mol. The van der Waals surface area contributed by atoms with Gasteiger partial charge in [0.2, 0.25) is 0 Å². The Labute approximate surface area is 226 Å². The van der Waals surface area contributed by atoms with E-state index in [4.69, 9.17) is 36.3 Å². The van der Waals surface area contributed by atoms with Gasteiger partial charge >= 0.3 is 0 Å². The number of phenolic OH excluding ortho intramolecular Hbond substituents is 1. The molecule has 0 heterocycles. The van der Waals surface area contributed by atoms with Crippen molar-refractivity contribution in [3.8, 4) is 28.7 Å². The summed E-state index contributed by atoms with van der Waals surface area (Å²) in [5, 5.41) is 14.9. The molecule has 8 nitrogen and oxygen atoms in total. The zero-order valence-electron chi connectivity index (χ0n) is 21.7. The molecular formula is C29H31ClN2O6. The summed E-state index contributed by atoms with van der Waals surface area (Å²) >= 11 is 6.12. The van der Waals surface area contributed by atoms with Crippen molar-refractivity contribution in [1.82, 2.24) is 0 Å². The molecule has 4 aromatic carbocycles. The van der Waals surface area contributed by atoms with Gasteiger partial charge in [0.25, 0.3) is 5.91 Å². The van der Waals surface area contributed by atoms with Crippen LogP contribution in [0.25, 0.3) is 10.8 Å². The molecule has 0 fully saturated rings. The summed E-state index contributed by atoms with van der Waals surface area (Å²) in [7, 11) is 2.97. The number of amides is 1. The van der Waals surface area contributed by atoms with Crippen LogP contribution in [-0.2, 0) is 0 Å². The standard InChI is InChI=1S/C19H16ClNO4.C10H15NO2/c1-24-17-10-18(25-2)15(9-14(17)20)21-19(23)13-7-11-5-3-4-6-12(11)8-16(13)22;1-3-12-9-6-5-8(11)7-10(9)13-4-2/h3-10,22H,1-2H3,(H,21,23);5-7H,3-4,11H2,1-2H3. The number of fused-ring (bicyclic) bond motifs is 1. The van der Waals surface area contributed by atoms with E-state index in [1.165, 1.54) is 20.3 Å². The van der Waals surface area contributed by atoms with Gasteiger partial charge < -0.3 is 35.1 Å². The Balaban J connectivity index is 0.000000260. The second kappa shape index (κ2) is 13.3. The van der Waals surface area contributed by atoms with Crippen molar-refractivity contribution in [1.29, 1.82) is 0 Å². The van der Waals surface area contributed by atoms with Crippen LogP contribution in [0.3, 0.4) is 0 Å². The maximum Gasteiger partial charge on any atom is 0.259 e. The topological polar surface area (TPSA) is 112 Å². The van der Waals surface area contributed by atoms with Gasteiger partial charge in [-0.25, -0.2) is 0 Å². The molecule has 0 aliphatic carbocycles. The van der Waals surface area contributed by atoms with Gasteiger partial charge in [0, 0.05) is 17.8 Å². The Bertz CT molecular complexity index is 1410. The molecule has 0 bridgehead atoms. The first kappa shape index (κ1) is 28.3. The molecule has 0 saturated carbocycles. The number of hydrogen-bond acceptors (Lipinski definition) is 7. The van der Waals surface area contributed by atoms with Crippen molar-refractivity contribution < 1.29 is 28.8 Å². The molecule has 0 unspecified atom stereocenters. The fraction of sp³-hybridized carbons (Fsp3) is 0.207. The van der Waals surface area contributed by atoms with E-state index in [9.17, 15) is 9.90 Å². The lowest BCUT2D eigenvalue weighted by Gasteiger charge is -2.14. The molecule has 1 amide bonds. The molecule has 9 heteroatoms. The van der Waals surface area contributed by atoms with Gasteiger partial charge in [-0.1, -0.05) is 35.9 Å². The predicted octanol–water partition coefficient (Wildman–Crippen LogP) is 6.53. The largest absolute Gasteiger partial charge is 0.507 e. The first-order valence-electron chi connectivity index (χ1n) is 11.9. The first-order chi connectivity index (χ1) is 18.3. The highest BCUT2D eigenvalue weighted by atomic mass is 35.5. The fourth-order valence-corrected chi connectivity index (χ4v) is 3.87. The molecule has 0 aliphatic heterocycles. The van der Waals surface area contributed by atoms with Crippen molar-refractivity contribution >= 4 is 39.7 Å². The second-order valence-corrected chi connectivity index (χ2v) is 8.34. The van der Waals surface area contributed by atoms with E-state index < -0.39 is 5.91 Å². The number of halogens is 1. The highest BCUT2D eigenvalue weighted by Crippen LogP contribution is 2.36. The van der Waals surface area contributed by atoms with Crippen molar-refractivity contribution in [3.05, 3.63) is 77.3 Å². The number of benzene rings is 4. The number of rotatable bonds is 8. The van der Waals surface area contributed by atoms with Crippen LogP contribution in [-0.4, -0.2) is 38.4 Å². The lowest BCUT2D eigenvalue weighted by Crippen LogP contribution is -2.13. The molecule has 38 heavy (non-hydrogen) atoms. The van der Waals surface area contributed by atoms with Crippen LogP contribution in [0, 0.1) is 0 Å². The van der Waals surface area contributed by atoms with E-state index in [0.29, 0.717) is 46.9 Å². The van der Waals surface area contributed by atoms with Gasteiger partial charge in [-0.05, 0) is 55.0 Å². The lowest BCUT2D eigenvalue weighted by atomic mass is 10.1. The summed E-state index contributed by atoms with van der Waals surface area (Å²) in [5.41, 5.74) is 6.85. The maximum atomic E-state index is 12.6. The Kier molecular flexibility index (Phi) is 9.90. The lowest BCUT2D eigenvalue weighted by molar-refractivity contribution is 0.102. The fourth-order valence-electron chi connectivity index (χ4n) is 3.63. The van der Waals surface area contributed by atoms with Crippen molar-refractivity contribution in [2.24, 2.45) is 0 Å². The number of nitrogen functional groups attached to an aromatic ring is 1. The van der Waals surface area contributed by atoms with Gasteiger partial charge in [-0.2, -0.15) is 0 Å². The Morgan fingerprint density at radius 3 is 2.11 bits per heavy atom. The van der Waals surface area contributed by atoms with Crippen molar-refractivity contribution in [2.75, 3.05) is 38.5 Å². The molecular weight excluding hydrogens is 508 g/mol. The van der Waals surface area contributed by atoms with Crippen molar-refractivity contribution in [3.63, 3.8) is 0 Å². The van der Waals surface area contributed by atoms with E-state index in [1.807, 2.05) is 44.2 Å². The number of methoxy groups -OCH3 is 2. The van der Waals surface area contributed by atoms with Crippen molar-refractivity contribution in [2.45, 2.75) is 13.8 Å². The number of ether oxygens (including phenoxy) is 4. The molecule has 0 radical (unpaired) electrons. The average Bonchev–Trinajstić information content (AvgIpc) is 2.90. The summed E-state index contributed by atoms with van der Waals surface area (Å²) < 4.78 is 21.1. The molecule has 0 aromatic heterocycles. The zero-order valence-corrected chi connectivity index (χ0v) is 22.5. The van der Waals surface area contributed by atoms with E-state index in [2.05, 4.69) is 5.32 Å². The normalized spacial score (nSPS) is 10.2. The minimum atomic E-state index is -0.470. The van der Waals surface area contributed by atoms with Crippen LogP contribution in [0.4, 0.5) is 11.4 Å². The van der Waals surface area contributed by atoms with Gasteiger partial charge in [0.15, 0.2) is 11.5 Å². The quantitative estimate of drug-likeness (QED) is 0.218. The van der Waals surface area contributed by atoms with E-state index in [1.54, 1.807) is 30.3 Å². The number of nitrogens with one attached hydrogen (secondary N) is 1. The number of carbonyl (C=O) groups excluding carboxylic acids is 1. The number of carbonyl (C=O) groups is 1. The molecule has 4 N–H and O–H groups in total. The highest BCUT2D eigenvalue weighted by molar-refractivity contribution is 6.32. The first-order valence-corrected chi connectivity index (χ1v) is 12.3. The summed E-state index contributed by atoms with van der Waals surface area (Å²) in [6, 6.07) is 19.2. The number of aromatic hydroxyl groups is 1. The predicted molar refractivity (Wildman–Crippen MR) is 151 cm³/mol. The summed E-state index contributed by atoms with van der Waals surface area (Å²) in [6.07, 6.45) is 0. The van der Waals surface area contributed by atoms with Gasteiger partial charge in [0.05, 0.1) is 43.7 Å². The van der Waals surface area contributed by atoms with Gasteiger partial charge in [-0.3, -0.25) is 4.79 Å². The minimum absolute atomic E-state index is 0.102. The van der Waals surface area contributed by atoms with Crippen LogP contribution < -0.4 is 30.0 Å². The van der Waals surface area contributed by atoms with Crippen LogP contribution in [0.5, 0.6) is 28.7 Å². The smallest absolute Gasteiger partial charge is 0.259 e. The monoisotopic (exact) mass is 538 g/mol. The van der Waals surface area contributed by atoms with E-state index in [-0.39, 0.29) is 11.3 Å². The highest BCUT2D eigenvalue weighted by Gasteiger charge is 2.17. The molecule has 0 spiro atoms. The number of hydrogen-bond donors (Lipinski definition) is 3. The minimum Gasteiger partial charge on any atom is -0.507 e. The number of nitrogens with two attached hydrogens (primary N) is 1. The Hall–Kier alpha value is -4.30. The second-order valence-electron chi connectivity index (χ2n) is 7.93. The number of phenols is 1. The third kappa shape index (κ3) is 6.92.